The Morgan fingerprint density at radius 3 is 2.74 bits per heavy atom. The lowest BCUT2D eigenvalue weighted by Crippen LogP contribution is -2.61. The summed E-state index contributed by atoms with van der Waals surface area (Å²) in [6, 6.07) is 1.75. The second-order valence-corrected chi connectivity index (χ2v) is 9.87. The Morgan fingerprint density at radius 1 is 1.19 bits per heavy atom. The summed E-state index contributed by atoms with van der Waals surface area (Å²) in [6.07, 6.45) is 7.63. The Labute approximate surface area is 164 Å². The minimum absolute atomic E-state index is 0.0137. The molecule has 4 aliphatic rings. The summed E-state index contributed by atoms with van der Waals surface area (Å²) in [5, 5.41) is 10.8. The van der Waals surface area contributed by atoms with Crippen molar-refractivity contribution in [3.05, 3.63) is 0 Å². The maximum atomic E-state index is 13.0. The van der Waals surface area contributed by atoms with Crippen LogP contribution in [0.5, 0.6) is 0 Å². The molecule has 6 heteroatoms. The molecule has 1 aliphatic carbocycles. The van der Waals surface area contributed by atoms with Crippen LogP contribution in [0.2, 0.25) is 0 Å². The van der Waals surface area contributed by atoms with Gasteiger partial charge >= 0.3 is 0 Å². The number of fused-ring (bicyclic) bond motifs is 2. The number of hydrogen-bond acceptors (Lipinski definition) is 5. The van der Waals surface area contributed by atoms with Crippen molar-refractivity contribution in [2.45, 2.75) is 88.7 Å². The highest BCUT2D eigenvalue weighted by Gasteiger charge is 2.45. The molecule has 3 aliphatic heterocycles. The van der Waals surface area contributed by atoms with Gasteiger partial charge in [-0.25, -0.2) is 0 Å². The highest BCUT2D eigenvalue weighted by Crippen LogP contribution is 2.37. The van der Waals surface area contributed by atoms with Gasteiger partial charge in [0, 0.05) is 37.3 Å². The lowest BCUT2D eigenvalue weighted by atomic mass is 9.78. The van der Waals surface area contributed by atoms with Crippen LogP contribution < -0.4 is 16.0 Å². The van der Waals surface area contributed by atoms with Crippen molar-refractivity contribution in [2.75, 3.05) is 27.2 Å². The van der Waals surface area contributed by atoms with Crippen LogP contribution in [-0.2, 0) is 4.79 Å². The van der Waals surface area contributed by atoms with Gasteiger partial charge in [0.05, 0.1) is 12.2 Å². The lowest BCUT2D eigenvalue weighted by molar-refractivity contribution is -0.124. The van der Waals surface area contributed by atoms with E-state index in [0.717, 1.165) is 32.4 Å². The molecule has 0 radical (unpaired) electrons. The molecule has 1 amide bonds. The molecule has 1 saturated carbocycles. The molecule has 0 aromatic heterocycles. The first-order valence-electron chi connectivity index (χ1n) is 11.2. The first-order chi connectivity index (χ1) is 12.9. The quantitative estimate of drug-likeness (QED) is 0.682. The van der Waals surface area contributed by atoms with Crippen LogP contribution in [0.4, 0.5) is 0 Å². The van der Waals surface area contributed by atoms with E-state index in [0.29, 0.717) is 36.1 Å². The molecule has 0 aromatic rings. The van der Waals surface area contributed by atoms with Crippen molar-refractivity contribution in [3.63, 3.8) is 0 Å². The van der Waals surface area contributed by atoms with E-state index in [-0.39, 0.29) is 18.0 Å². The van der Waals surface area contributed by atoms with Gasteiger partial charge < -0.3 is 20.9 Å². The third-order valence-corrected chi connectivity index (χ3v) is 7.68. The third-order valence-electron chi connectivity index (χ3n) is 7.68. The number of likely N-dealkylation sites (N-methyl/N-ethyl adjacent to an activating group) is 1. The molecule has 8 unspecified atom stereocenters. The van der Waals surface area contributed by atoms with E-state index in [2.05, 4.69) is 53.7 Å². The number of carbonyl (C=O) groups excluding carboxylic acids is 1. The molecule has 3 heterocycles. The molecule has 4 fully saturated rings. The summed E-state index contributed by atoms with van der Waals surface area (Å²) < 4.78 is 0. The smallest absolute Gasteiger partial charge is 0.237 e. The minimum Gasteiger partial charge on any atom is -0.350 e. The molecule has 4 rings (SSSR count). The topological polar surface area (TPSA) is 59.6 Å². The summed E-state index contributed by atoms with van der Waals surface area (Å²) in [7, 11) is 4.29. The lowest BCUT2D eigenvalue weighted by Gasteiger charge is -2.44. The van der Waals surface area contributed by atoms with Gasteiger partial charge in [0.25, 0.3) is 0 Å². The third kappa shape index (κ3) is 3.91. The van der Waals surface area contributed by atoms with E-state index in [1.165, 1.54) is 19.3 Å². The Hall–Kier alpha value is -0.690. The predicted molar refractivity (Wildman–Crippen MR) is 108 cm³/mol. The fourth-order valence-corrected chi connectivity index (χ4v) is 6.32. The average molecular weight is 378 g/mol. The van der Waals surface area contributed by atoms with Crippen molar-refractivity contribution in [1.29, 1.82) is 0 Å². The zero-order valence-corrected chi connectivity index (χ0v) is 17.6. The van der Waals surface area contributed by atoms with Crippen molar-refractivity contribution in [2.24, 2.45) is 11.8 Å². The molecular formula is C21H39N5O. The maximum Gasteiger partial charge on any atom is 0.237 e. The molecule has 27 heavy (non-hydrogen) atoms. The van der Waals surface area contributed by atoms with Crippen LogP contribution in [0.15, 0.2) is 0 Å². The van der Waals surface area contributed by atoms with Gasteiger partial charge in [0.2, 0.25) is 5.91 Å². The molecule has 6 nitrogen and oxygen atoms in total. The zero-order valence-electron chi connectivity index (χ0n) is 17.6. The number of nitrogens with zero attached hydrogens (tertiary/aromatic N) is 2. The summed E-state index contributed by atoms with van der Waals surface area (Å²) in [5.74, 6) is 1.64. The number of piperidine rings is 1. The maximum absolute atomic E-state index is 13.0. The molecular weight excluding hydrogens is 338 g/mol. The molecule has 8 atom stereocenters. The molecule has 3 N–H and O–H groups in total. The van der Waals surface area contributed by atoms with E-state index in [4.69, 9.17) is 0 Å². The second kappa shape index (κ2) is 7.97. The summed E-state index contributed by atoms with van der Waals surface area (Å²) >= 11 is 0. The van der Waals surface area contributed by atoms with E-state index >= 15 is 0 Å². The van der Waals surface area contributed by atoms with Crippen molar-refractivity contribution >= 4 is 5.91 Å². The summed E-state index contributed by atoms with van der Waals surface area (Å²) in [6.45, 7) is 6.77. The Morgan fingerprint density at radius 2 is 2.00 bits per heavy atom. The van der Waals surface area contributed by atoms with Crippen LogP contribution in [0.3, 0.4) is 0 Å². The second-order valence-electron chi connectivity index (χ2n) is 9.87. The Balaban J connectivity index is 1.36. The molecule has 154 valence electrons. The van der Waals surface area contributed by atoms with E-state index in [1.807, 2.05) is 0 Å². The fourth-order valence-electron chi connectivity index (χ4n) is 6.32. The Kier molecular flexibility index (Phi) is 5.79. The normalized spacial score (nSPS) is 44.9. The molecule has 3 saturated heterocycles. The van der Waals surface area contributed by atoms with Crippen LogP contribution in [0.25, 0.3) is 0 Å². The van der Waals surface area contributed by atoms with E-state index in [1.54, 1.807) is 0 Å². The van der Waals surface area contributed by atoms with Crippen LogP contribution in [-0.4, -0.2) is 79.3 Å². The van der Waals surface area contributed by atoms with Crippen LogP contribution in [0.1, 0.15) is 52.4 Å². The SMILES string of the molecule is CC1CCCC2CC(C(=O)NC3CCC4NCC(CN(C)C)N4C3C)NC12. The van der Waals surface area contributed by atoms with Gasteiger partial charge in [-0.15, -0.1) is 0 Å². The van der Waals surface area contributed by atoms with Gasteiger partial charge in [0.1, 0.15) is 0 Å². The molecule has 0 aromatic carbocycles. The first-order valence-corrected chi connectivity index (χ1v) is 11.2. The summed E-state index contributed by atoms with van der Waals surface area (Å²) in [5.41, 5.74) is 0. The number of carbonyl (C=O) groups is 1. The Bertz CT molecular complexity index is 541. The van der Waals surface area contributed by atoms with Gasteiger partial charge in [-0.2, -0.15) is 0 Å². The van der Waals surface area contributed by atoms with Crippen LogP contribution in [0, 0.1) is 11.8 Å². The number of amides is 1. The van der Waals surface area contributed by atoms with Crippen molar-refractivity contribution in [1.82, 2.24) is 25.8 Å². The number of hydrogen-bond donors (Lipinski definition) is 3. The van der Waals surface area contributed by atoms with Crippen LogP contribution >= 0.6 is 0 Å². The van der Waals surface area contributed by atoms with Gasteiger partial charge in [-0.05, 0) is 65.0 Å². The standard InChI is InChI=1S/C21H39N5O/c1-13-6-5-7-15-10-18(23-20(13)15)21(27)24-17-8-9-19-22-11-16(12-25(3)4)26(19)14(17)2/h13-20,22-23H,5-12H2,1-4H3,(H,24,27). The highest BCUT2D eigenvalue weighted by molar-refractivity contribution is 5.82. The van der Waals surface area contributed by atoms with Crippen molar-refractivity contribution in [3.8, 4) is 0 Å². The first kappa shape index (κ1) is 19.6. The fraction of sp³-hybridized carbons (Fsp3) is 0.952. The largest absolute Gasteiger partial charge is 0.350 e. The van der Waals surface area contributed by atoms with E-state index < -0.39 is 0 Å². The van der Waals surface area contributed by atoms with E-state index in [9.17, 15) is 4.79 Å². The van der Waals surface area contributed by atoms with Gasteiger partial charge in [-0.3, -0.25) is 9.69 Å². The molecule has 0 spiro atoms. The zero-order chi connectivity index (χ0) is 19.1. The summed E-state index contributed by atoms with van der Waals surface area (Å²) in [4.78, 5) is 17.9. The highest BCUT2D eigenvalue weighted by atomic mass is 16.2. The average Bonchev–Trinajstić information content (AvgIpc) is 3.22. The predicted octanol–water partition coefficient (Wildman–Crippen LogP) is 0.982. The van der Waals surface area contributed by atoms with Gasteiger partial charge in [0.15, 0.2) is 0 Å². The minimum atomic E-state index is 0.0137. The van der Waals surface area contributed by atoms with Gasteiger partial charge in [-0.1, -0.05) is 13.3 Å². The molecule has 0 bridgehead atoms. The van der Waals surface area contributed by atoms with Crippen molar-refractivity contribution < 1.29 is 4.79 Å². The number of rotatable bonds is 4. The monoisotopic (exact) mass is 377 g/mol. The number of nitrogens with one attached hydrogen (secondary N) is 3.